The molecule has 0 unspecified atom stereocenters. The fourth-order valence-corrected chi connectivity index (χ4v) is 1.98. The standard InChI is InChI=1S/C16H21N3O/c1-3-7-14-18-15(12-16(19-14)20-2)17-11-10-13-8-5-4-6-9-13/h4-6,8-9,12H,3,7,10-11H2,1-2H3,(H,17,18,19). The van der Waals surface area contributed by atoms with Gasteiger partial charge in [-0.2, -0.15) is 4.98 Å². The molecule has 2 rings (SSSR count). The van der Waals surface area contributed by atoms with Gasteiger partial charge < -0.3 is 10.1 Å². The van der Waals surface area contributed by atoms with E-state index in [0.717, 1.165) is 37.4 Å². The summed E-state index contributed by atoms with van der Waals surface area (Å²) >= 11 is 0. The van der Waals surface area contributed by atoms with Gasteiger partial charge in [-0.15, -0.1) is 0 Å². The fourth-order valence-electron chi connectivity index (χ4n) is 1.98. The van der Waals surface area contributed by atoms with Crippen LogP contribution in [0.25, 0.3) is 0 Å². The Hall–Kier alpha value is -2.10. The molecule has 0 spiro atoms. The zero-order valence-corrected chi connectivity index (χ0v) is 12.1. The third-order valence-corrected chi connectivity index (χ3v) is 2.99. The van der Waals surface area contributed by atoms with E-state index in [4.69, 9.17) is 4.74 Å². The lowest BCUT2D eigenvalue weighted by atomic mass is 10.1. The van der Waals surface area contributed by atoms with Gasteiger partial charge in [-0.25, -0.2) is 4.98 Å². The Kier molecular flexibility index (Phi) is 5.35. The Bertz CT molecular complexity index is 529. The van der Waals surface area contributed by atoms with E-state index in [9.17, 15) is 0 Å². The van der Waals surface area contributed by atoms with E-state index in [1.807, 2.05) is 12.1 Å². The van der Waals surface area contributed by atoms with Crippen molar-refractivity contribution in [2.45, 2.75) is 26.2 Å². The van der Waals surface area contributed by atoms with Gasteiger partial charge >= 0.3 is 0 Å². The van der Waals surface area contributed by atoms with Crippen LogP contribution in [0, 0.1) is 0 Å². The van der Waals surface area contributed by atoms with Gasteiger partial charge in [-0.1, -0.05) is 37.3 Å². The van der Waals surface area contributed by atoms with Crippen LogP contribution in [-0.4, -0.2) is 23.6 Å². The van der Waals surface area contributed by atoms with Gasteiger partial charge in [0.15, 0.2) is 0 Å². The summed E-state index contributed by atoms with van der Waals surface area (Å²) in [6.45, 7) is 2.96. The third kappa shape index (κ3) is 4.23. The van der Waals surface area contributed by atoms with E-state index >= 15 is 0 Å². The minimum absolute atomic E-state index is 0.616. The summed E-state index contributed by atoms with van der Waals surface area (Å²) in [5.74, 6) is 2.27. The summed E-state index contributed by atoms with van der Waals surface area (Å²) in [5.41, 5.74) is 1.31. The van der Waals surface area contributed by atoms with E-state index < -0.39 is 0 Å². The van der Waals surface area contributed by atoms with Crippen molar-refractivity contribution in [1.29, 1.82) is 0 Å². The highest BCUT2D eigenvalue weighted by Crippen LogP contribution is 2.14. The largest absolute Gasteiger partial charge is 0.481 e. The molecule has 2 aromatic rings. The zero-order chi connectivity index (χ0) is 14.2. The number of aromatic nitrogens is 2. The second-order valence-corrected chi connectivity index (χ2v) is 4.62. The molecule has 4 nitrogen and oxygen atoms in total. The van der Waals surface area contributed by atoms with E-state index in [1.54, 1.807) is 7.11 Å². The molecule has 0 radical (unpaired) electrons. The molecule has 0 atom stereocenters. The molecule has 1 aromatic carbocycles. The van der Waals surface area contributed by atoms with Crippen LogP contribution < -0.4 is 10.1 Å². The third-order valence-electron chi connectivity index (χ3n) is 2.99. The molecule has 20 heavy (non-hydrogen) atoms. The number of hydrogen-bond donors (Lipinski definition) is 1. The normalized spacial score (nSPS) is 10.3. The molecule has 0 saturated heterocycles. The van der Waals surface area contributed by atoms with Crippen LogP contribution in [0.1, 0.15) is 24.7 Å². The molecule has 4 heteroatoms. The SMILES string of the molecule is CCCc1nc(NCCc2ccccc2)cc(OC)n1. The molecule has 0 fully saturated rings. The zero-order valence-electron chi connectivity index (χ0n) is 12.1. The number of rotatable bonds is 7. The number of anilines is 1. The van der Waals surface area contributed by atoms with Crippen molar-refractivity contribution in [2.75, 3.05) is 19.0 Å². The van der Waals surface area contributed by atoms with Gasteiger partial charge in [0.2, 0.25) is 5.88 Å². The van der Waals surface area contributed by atoms with Crippen LogP contribution in [0.15, 0.2) is 36.4 Å². The Morgan fingerprint density at radius 1 is 1.10 bits per heavy atom. The monoisotopic (exact) mass is 271 g/mol. The molecule has 0 bridgehead atoms. The summed E-state index contributed by atoms with van der Waals surface area (Å²) in [4.78, 5) is 8.83. The Balaban J connectivity index is 1.96. The molecule has 1 N–H and O–H groups in total. The van der Waals surface area contributed by atoms with Gasteiger partial charge in [0, 0.05) is 19.0 Å². The van der Waals surface area contributed by atoms with E-state index in [-0.39, 0.29) is 0 Å². The number of nitrogens with one attached hydrogen (secondary N) is 1. The molecule has 1 aromatic heterocycles. The number of aryl methyl sites for hydroxylation is 1. The predicted octanol–water partition coefficient (Wildman–Crippen LogP) is 3.09. The quantitative estimate of drug-likeness (QED) is 0.840. The van der Waals surface area contributed by atoms with Crippen LogP contribution in [0.2, 0.25) is 0 Å². The average molecular weight is 271 g/mol. The van der Waals surface area contributed by atoms with Crippen LogP contribution in [0.3, 0.4) is 0 Å². The lowest BCUT2D eigenvalue weighted by molar-refractivity contribution is 0.395. The minimum Gasteiger partial charge on any atom is -0.481 e. The predicted molar refractivity (Wildman–Crippen MR) is 81.2 cm³/mol. The van der Waals surface area contributed by atoms with E-state index in [1.165, 1.54) is 5.56 Å². The highest BCUT2D eigenvalue weighted by molar-refractivity contribution is 5.38. The minimum atomic E-state index is 0.616. The second-order valence-electron chi connectivity index (χ2n) is 4.62. The van der Waals surface area contributed by atoms with Gasteiger partial charge in [0.1, 0.15) is 11.6 Å². The van der Waals surface area contributed by atoms with Crippen molar-refractivity contribution in [2.24, 2.45) is 0 Å². The van der Waals surface area contributed by atoms with Crippen LogP contribution in [-0.2, 0) is 12.8 Å². The average Bonchev–Trinajstić information content (AvgIpc) is 2.48. The van der Waals surface area contributed by atoms with Crippen molar-refractivity contribution >= 4 is 5.82 Å². The van der Waals surface area contributed by atoms with Crippen LogP contribution >= 0.6 is 0 Å². The lowest BCUT2D eigenvalue weighted by Crippen LogP contribution is -2.08. The Morgan fingerprint density at radius 3 is 2.60 bits per heavy atom. The smallest absolute Gasteiger partial charge is 0.218 e. The maximum absolute atomic E-state index is 5.22. The molecule has 0 saturated carbocycles. The molecule has 106 valence electrons. The molecule has 0 amide bonds. The summed E-state index contributed by atoms with van der Waals surface area (Å²) in [7, 11) is 1.63. The first-order chi connectivity index (χ1) is 9.81. The fraction of sp³-hybridized carbons (Fsp3) is 0.375. The number of ether oxygens (including phenoxy) is 1. The highest BCUT2D eigenvalue weighted by Gasteiger charge is 2.04. The molecular weight excluding hydrogens is 250 g/mol. The van der Waals surface area contributed by atoms with Gasteiger partial charge in [0.05, 0.1) is 7.11 Å². The van der Waals surface area contributed by atoms with Crippen LogP contribution in [0.5, 0.6) is 5.88 Å². The summed E-state index contributed by atoms with van der Waals surface area (Å²) in [5, 5.41) is 3.34. The molecular formula is C16H21N3O. The maximum atomic E-state index is 5.22. The molecule has 0 aliphatic carbocycles. The second kappa shape index (κ2) is 7.48. The van der Waals surface area contributed by atoms with Crippen LogP contribution in [0.4, 0.5) is 5.82 Å². The van der Waals surface area contributed by atoms with Gasteiger partial charge in [0.25, 0.3) is 0 Å². The number of nitrogens with zero attached hydrogens (tertiary/aromatic N) is 2. The van der Waals surface area contributed by atoms with Gasteiger partial charge in [-0.3, -0.25) is 0 Å². The van der Waals surface area contributed by atoms with Gasteiger partial charge in [-0.05, 0) is 18.4 Å². The van der Waals surface area contributed by atoms with Crippen molar-refractivity contribution < 1.29 is 4.74 Å². The first-order valence-electron chi connectivity index (χ1n) is 7.01. The Morgan fingerprint density at radius 2 is 1.90 bits per heavy atom. The summed E-state index contributed by atoms with van der Waals surface area (Å²) < 4.78 is 5.22. The van der Waals surface area contributed by atoms with E-state index in [0.29, 0.717) is 5.88 Å². The van der Waals surface area contributed by atoms with E-state index in [2.05, 4.69) is 46.5 Å². The lowest BCUT2D eigenvalue weighted by Gasteiger charge is -2.09. The summed E-state index contributed by atoms with van der Waals surface area (Å²) in [6.07, 6.45) is 2.86. The summed E-state index contributed by atoms with van der Waals surface area (Å²) in [6, 6.07) is 12.2. The van der Waals surface area contributed by atoms with Crippen molar-refractivity contribution in [3.8, 4) is 5.88 Å². The number of hydrogen-bond acceptors (Lipinski definition) is 4. The van der Waals surface area contributed by atoms with Crippen molar-refractivity contribution in [1.82, 2.24) is 9.97 Å². The molecule has 1 heterocycles. The van der Waals surface area contributed by atoms with Crippen molar-refractivity contribution in [3.63, 3.8) is 0 Å². The number of benzene rings is 1. The molecule has 0 aliphatic rings. The molecule has 0 aliphatic heterocycles. The number of methoxy groups -OCH3 is 1. The topological polar surface area (TPSA) is 47.0 Å². The highest BCUT2D eigenvalue weighted by atomic mass is 16.5. The Labute approximate surface area is 120 Å². The maximum Gasteiger partial charge on any atom is 0.218 e. The van der Waals surface area contributed by atoms with Crippen molar-refractivity contribution in [3.05, 3.63) is 47.8 Å². The first kappa shape index (κ1) is 14.3. The first-order valence-corrected chi connectivity index (χ1v) is 7.01.